The van der Waals surface area contributed by atoms with Crippen LogP contribution in [0.2, 0.25) is 0 Å². The summed E-state index contributed by atoms with van der Waals surface area (Å²) in [5, 5.41) is 6.04. The van der Waals surface area contributed by atoms with E-state index in [2.05, 4.69) is 32.8 Å². The number of thiophene rings is 1. The van der Waals surface area contributed by atoms with E-state index >= 15 is 0 Å². The van der Waals surface area contributed by atoms with Gasteiger partial charge in [-0.25, -0.2) is 14.6 Å². The number of hydrogen-bond donors (Lipinski definition) is 2. The summed E-state index contributed by atoms with van der Waals surface area (Å²) in [6.45, 7) is 8.23. The van der Waals surface area contributed by atoms with Gasteiger partial charge in [-0.1, -0.05) is 44.9 Å². The van der Waals surface area contributed by atoms with Gasteiger partial charge in [0, 0.05) is 29.4 Å². The Bertz CT molecular complexity index is 1490. The molecule has 0 atom stereocenters. The number of nitrogens with one attached hydrogen (secondary N) is 2. The summed E-state index contributed by atoms with van der Waals surface area (Å²) < 4.78 is 1.33. The Labute approximate surface area is 206 Å². The standard InChI is InChI=1S/C25H28N6O3S/c1-5-7-10-13-31-25(34)17-12-9-8-11-16(17)20(30-31)22(32)28-29-23(33)21-14(3)19-15(4)26-18(6-2)27-24(19)35-21/h8-9,11-12H,5-7,10,13H2,1-4H3,(H,28,32)(H,29,33). The first-order chi connectivity index (χ1) is 16.8. The van der Waals surface area contributed by atoms with Crippen LogP contribution in [-0.2, 0) is 13.0 Å². The van der Waals surface area contributed by atoms with Gasteiger partial charge in [0.15, 0.2) is 5.69 Å². The van der Waals surface area contributed by atoms with Crippen LogP contribution in [0.4, 0.5) is 0 Å². The van der Waals surface area contributed by atoms with Crippen molar-refractivity contribution in [3.05, 3.63) is 62.3 Å². The molecule has 0 spiro atoms. The van der Waals surface area contributed by atoms with Crippen LogP contribution in [0.5, 0.6) is 0 Å². The molecular formula is C25H28N6O3S. The monoisotopic (exact) mass is 492 g/mol. The van der Waals surface area contributed by atoms with Crippen LogP contribution in [-0.4, -0.2) is 31.6 Å². The zero-order chi connectivity index (χ0) is 25.1. The third kappa shape index (κ3) is 4.79. The molecule has 10 heteroatoms. The molecular weight excluding hydrogens is 464 g/mol. The van der Waals surface area contributed by atoms with Crippen LogP contribution in [0.3, 0.4) is 0 Å². The Morgan fingerprint density at radius 1 is 1.00 bits per heavy atom. The minimum absolute atomic E-state index is 0.0827. The predicted molar refractivity (Wildman–Crippen MR) is 137 cm³/mol. The number of rotatable bonds is 7. The first kappa shape index (κ1) is 24.5. The van der Waals surface area contributed by atoms with Crippen LogP contribution in [0.1, 0.15) is 70.4 Å². The highest BCUT2D eigenvalue weighted by Crippen LogP contribution is 2.31. The minimum Gasteiger partial charge on any atom is -0.267 e. The van der Waals surface area contributed by atoms with E-state index in [1.54, 1.807) is 24.3 Å². The number of hydrazine groups is 1. The molecule has 0 radical (unpaired) electrons. The summed E-state index contributed by atoms with van der Waals surface area (Å²) in [5.41, 5.74) is 6.40. The highest BCUT2D eigenvalue weighted by Gasteiger charge is 2.21. The molecule has 0 saturated heterocycles. The van der Waals surface area contributed by atoms with Crippen molar-refractivity contribution >= 4 is 44.1 Å². The zero-order valence-corrected chi connectivity index (χ0v) is 21.1. The fourth-order valence-electron chi connectivity index (χ4n) is 4.06. The van der Waals surface area contributed by atoms with Crippen LogP contribution < -0.4 is 16.4 Å². The van der Waals surface area contributed by atoms with E-state index in [1.165, 1.54) is 16.0 Å². The van der Waals surface area contributed by atoms with Crippen molar-refractivity contribution in [1.82, 2.24) is 30.6 Å². The highest BCUT2D eigenvalue weighted by molar-refractivity contribution is 7.20. The minimum atomic E-state index is -0.596. The Kier molecular flexibility index (Phi) is 7.20. The topological polar surface area (TPSA) is 119 Å². The van der Waals surface area contributed by atoms with Gasteiger partial charge in [0.25, 0.3) is 17.4 Å². The Morgan fingerprint density at radius 3 is 2.43 bits per heavy atom. The highest BCUT2D eigenvalue weighted by atomic mass is 32.1. The maximum Gasteiger partial charge on any atom is 0.290 e. The Morgan fingerprint density at radius 2 is 1.71 bits per heavy atom. The zero-order valence-electron chi connectivity index (χ0n) is 20.3. The molecule has 1 aromatic carbocycles. The van der Waals surface area contributed by atoms with Crippen molar-refractivity contribution in [3.63, 3.8) is 0 Å². The lowest BCUT2D eigenvalue weighted by molar-refractivity contribution is 0.0845. The molecule has 9 nitrogen and oxygen atoms in total. The number of amides is 2. The molecule has 3 aromatic heterocycles. The molecule has 4 aromatic rings. The Balaban J connectivity index is 1.60. The van der Waals surface area contributed by atoms with E-state index in [9.17, 15) is 14.4 Å². The summed E-state index contributed by atoms with van der Waals surface area (Å²) >= 11 is 1.27. The number of benzene rings is 1. The molecule has 0 unspecified atom stereocenters. The number of aromatic nitrogens is 4. The molecule has 3 heterocycles. The number of unbranched alkanes of at least 4 members (excludes halogenated alkanes) is 2. The van der Waals surface area contributed by atoms with Crippen molar-refractivity contribution in [2.75, 3.05) is 0 Å². The number of carbonyl (C=O) groups excluding carboxylic acids is 2. The van der Waals surface area contributed by atoms with Gasteiger partial charge < -0.3 is 0 Å². The normalized spacial score (nSPS) is 11.2. The number of nitrogens with zero attached hydrogens (tertiary/aromatic N) is 4. The molecule has 2 amide bonds. The van der Waals surface area contributed by atoms with E-state index < -0.39 is 11.8 Å². The first-order valence-electron chi connectivity index (χ1n) is 11.7. The van der Waals surface area contributed by atoms with Crippen molar-refractivity contribution in [1.29, 1.82) is 0 Å². The number of fused-ring (bicyclic) bond motifs is 2. The van der Waals surface area contributed by atoms with Gasteiger partial charge >= 0.3 is 0 Å². The van der Waals surface area contributed by atoms with Crippen molar-refractivity contribution in [3.8, 4) is 0 Å². The molecule has 0 bridgehead atoms. The van der Waals surface area contributed by atoms with E-state index in [0.717, 1.165) is 46.6 Å². The van der Waals surface area contributed by atoms with Crippen LogP contribution >= 0.6 is 11.3 Å². The van der Waals surface area contributed by atoms with E-state index in [-0.39, 0.29) is 11.3 Å². The van der Waals surface area contributed by atoms with Gasteiger partial charge in [-0.2, -0.15) is 5.10 Å². The van der Waals surface area contributed by atoms with Crippen LogP contribution in [0.15, 0.2) is 29.1 Å². The average molecular weight is 493 g/mol. The number of hydrogen-bond acceptors (Lipinski definition) is 7. The van der Waals surface area contributed by atoms with Crippen LogP contribution in [0.25, 0.3) is 21.0 Å². The van der Waals surface area contributed by atoms with Gasteiger partial charge in [0.2, 0.25) is 0 Å². The predicted octanol–water partition coefficient (Wildman–Crippen LogP) is 3.85. The van der Waals surface area contributed by atoms with Gasteiger partial charge in [-0.3, -0.25) is 25.2 Å². The third-order valence-electron chi connectivity index (χ3n) is 5.89. The SMILES string of the molecule is CCCCCn1nc(C(=O)NNC(=O)c2sc3nc(CC)nc(C)c3c2C)c2ccccc2c1=O. The average Bonchev–Trinajstić information content (AvgIpc) is 3.20. The van der Waals surface area contributed by atoms with Gasteiger partial charge in [0.05, 0.1) is 10.3 Å². The second kappa shape index (κ2) is 10.3. The van der Waals surface area contributed by atoms with Gasteiger partial charge in [-0.05, 0) is 31.9 Å². The largest absolute Gasteiger partial charge is 0.290 e. The molecule has 0 fully saturated rings. The molecule has 2 N–H and O–H groups in total. The van der Waals surface area contributed by atoms with Gasteiger partial charge in [0.1, 0.15) is 10.7 Å². The molecule has 35 heavy (non-hydrogen) atoms. The lowest BCUT2D eigenvalue weighted by Crippen LogP contribution is -2.42. The lowest BCUT2D eigenvalue weighted by atomic mass is 10.1. The summed E-state index contributed by atoms with van der Waals surface area (Å²) in [6, 6.07) is 6.86. The summed E-state index contributed by atoms with van der Waals surface area (Å²) in [5.74, 6) is -0.317. The maximum absolute atomic E-state index is 13.1. The van der Waals surface area contributed by atoms with E-state index in [0.29, 0.717) is 28.6 Å². The number of aryl methyl sites for hydroxylation is 4. The Hall–Kier alpha value is -3.66. The molecule has 4 rings (SSSR count). The van der Waals surface area contributed by atoms with Crippen molar-refractivity contribution in [2.24, 2.45) is 0 Å². The fraction of sp³-hybridized carbons (Fsp3) is 0.360. The first-order valence-corrected chi connectivity index (χ1v) is 12.5. The second-order valence-electron chi connectivity index (χ2n) is 8.35. The van der Waals surface area contributed by atoms with E-state index in [4.69, 9.17) is 0 Å². The summed E-state index contributed by atoms with van der Waals surface area (Å²) in [6.07, 6.45) is 3.44. The third-order valence-corrected chi connectivity index (χ3v) is 7.07. The molecule has 0 saturated carbocycles. The summed E-state index contributed by atoms with van der Waals surface area (Å²) in [4.78, 5) is 49.1. The second-order valence-corrected chi connectivity index (χ2v) is 9.35. The van der Waals surface area contributed by atoms with Crippen LogP contribution in [0, 0.1) is 13.8 Å². The van der Waals surface area contributed by atoms with E-state index in [1.807, 2.05) is 20.8 Å². The molecule has 0 aliphatic carbocycles. The summed E-state index contributed by atoms with van der Waals surface area (Å²) in [7, 11) is 0. The fourth-order valence-corrected chi connectivity index (χ4v) is 5.21. The molecule has 0 aliphatic heterocycles. The lowest BCUT2D eigenvalue weighted by Gasteiger charge is -2.12. The smallest absolute Gasteiger partial charge is 0.267 e. The number of carbonyl (C=O) groups is 2. The molecule has 0 aliphatic rings. The van der Waals surface area contributed by atoms with Crippen molar-refractivity contribution in [2.45, 2.75) is 59.9 Å². The quantitative estimate of drug-likeness (QED) is 0.299. The van der Waals surface area contributed by atoms with Crippen molar-refractivity contribution < 1.29 is 9.59 Å². The molecule has 182 valence electrons. The maximum atomic E-state index is 13.1. The van der Waals surface area contributed by atoms with Gasteiger partial charge in [-0.15, -0.1) is 11.3 Å².